The number of carbonyl (C=O) groups excluding carboxylic acids is 1. The molecule has 0 spiro atoms. The van der Waals surface area contributed by atoms with Crippen LogP contribution < -0.4 is 21.3 Å². The number of nitrogens with zero attached hydrogens (tertiary/aromatic N) is 5. The van der Waals surface area contributed by atoms with E-state index in [1.165, 1.54) is 0 Å². The summed E-state index contributed by atoms with van der Waals surface area (Å²) in [4.78, 5) is 22.0. The molecular weight excluding hydrogens is 389 g/mol. The maximum absolute atomic E-state index is 14.4. The molecular formula is C17H19F3N8O. The molecule has 0 unspecified atom stereocenters. The molecule has 0 radical (unpaired) electrons. The van der Waals surface area contributed by atoms with Crippen LogP contribution in [-0.2, 0) is 11.8 Å². The fraction of sp³-hybridized carbons (Fsp3) is 0.529. The highest BCUT2D eigenvalue weighted by atomic mass is 19.3. The Morgan fingerprint density at radius 3 is 2.79 bits per heavy atom. The number of nitrogens with two attached hydrogens (primary N) is 1. The van der Waals surface area contributed by atoms with Crippen LogP contribution in [0.1, 0.15) is 6.42 Å². The van der Waals surface area contributed by atoms with Gasteiger partial charge in [0.2, 0.25) is 11.9 Å². The van der Waals surface area contributed by atoms with Crippen LogP contribution in [0.5, 0.6) is 0 Å². The largest absolute Gasteiger partial charge is 0.351 e. The molecule has 0 aromatic carbocycles. The number of halogens is 3. The number of rotatable bonds is 5. The lowest BCUT2D eigenvalue weighted by Gasteiger charge is -2.25. The van der Waals surface area contributed by atoms with Gasteiger partial charge in [0, 0.05) is 44.7 Å². The zero-order chi connectivity index (χ0) is 20.6. The molecule has 29 heavy (non-hydrogen) atoms. The van der Waals surface area contributed by atoms with Crippen molar-refractivity contribution in [1.82, 2.24) is 25.1 Å². The zero-order valence-electron chi connectivity index (χ0n) is 15.4. The molecule has 4 atom stereocenters. The van der Waals surface area contributed by atoms with Crippen molar-refractivity contribution >= 4 is 23.4 Å². The topological polar surface area (TPSA) is 114 Å². The number of carbonyl (C=O) groups is 1. The number of hydrogen-bond donors (Lipinski definition) is 3. The van der Waals surface area contributed by atoms with E-state index in [9.17, 15) is 18.0 Å². The Labute approximate surface area is 163 Å². The molecule has 1 amide bonds. The average molecular weight is 408 g/mol. The van der Waals surface area contributed by atoms with Gasteiger partial charge < -0.3 is 21.3 Å². The molecule has 9 nitrogen and oxygen atoms in total. The molecule has 1 saturated heterocycles. The summed E-state index contributed by atoms with van der Waals surface area (Å²) in [5.41, 5.74) is 5.89. The van der Waals surface area contributed by atoms with Gasteiger partial charge in [-0.2, -0.15) is 10.1 Å². The number of hydrogen-bond acceptors (Lipinski definition) is 7. The van der Waals surface area contributed by atoms with Crippen molar-refractivity contribution in [2.45, 2.75) is 23.9 Å². The van der Waals surface area contributed by atoms with E-state index < -0.39 is 35.5 Å². The van der Waals surface area contributed by atoms with Crippen molar-refractivity contribution in [2.24, 2.45) is 24.6 Å². The summed E-state index contributed by atoms with van der Waals surface area (Å²) in [6, 6.07) is -0.354. The molecule has 12 heteroatoms. The first-order chi connectivity index (χ1) is 13.7. The van der Waals surface area contributed by atoms with E-state index in [1.54, 1.807) is 29.0 Å². The highest BCUT2D eigenvalue weighted by Gasteiger charge is 2.71. The number of aromatic nitrogens is 4. The van der Waals surface area contributed by atoms with E-state index in [4.69, 9.17) is 5.73 Å². The maximum Gasteiger partial charge on any atom is 0.260 e. The summed E-state index contributed by atoms with van der Waals surface area (Å²) >= 11 is 0. The maximum atomic E-state index is 14.4. The van der Waals surface area contributed by atoms with Gasteiger partial charge in [-0.15, -0.1) is 0 Å². The standard InChI is InChI=1S/C17H19F3N8O/c1-27-5-8(3-23-27)24-15-22-4-11(18)13(25-15)28-6-10-12(21)16(10,7-28)26-14(29)9-2-17(9,19)20/h3-5,9-10,12H,2,6-7,21H2,1H3,(H,26,29)(H,22,24,25)/t9-,10+,12-,16-/m1/s1. The van der Waals surface area contributed by atoms with Crippen molar-refractivity contribution in [2.75, 3.05) is 23.3 Å². The number of aryl methyl sites for hydroxylation is 1. The molecule has 3 fully saturated rings. The number of alkyl halides is 2. The number of fused-ring (bicyclic) bond motifs is 1. The molecule has 2 aliphatic carbocycles. The van der Waals surface area contributed by atoms with Crippen LogP contribution in [-0.4, -0.2) is 56.2 Å². The van der Waals surface area contributed by atoms with Crippen LogP contribution in [0, 0.1) is 17.7 Å². The summed E-state index contributed by atoms with van der Waals surface area (Å²) in [6.45, 7) is 0.561. The molecule has 2 saturated carbocycles. The van der Waals surface area contributed by atoms with Crippen molar-refractivity contribution < 1.29 is 18.0 Å². The Balaban J connectivity index is 1.32. The molecule has 0 bridgehead atoms. The van der Waals surface area contributed by atoms with E-state index in [2.05, 4.69) is 25.7 Å². The summed E-state index contributed by atoms with van der Waals surface area (Å²) in [7, 11) is 1.76. The molecule has 2 aromatic heterocycles. The fourth-order valence-electron chi connectivity index (χ4n) is 4.11. The number of nitrogens with one attached hydrogen (secondary N) is 2. The summed E-state index contributed by atoms with van der Waals surface area (Å²) in [5.74, 6) is -5.46. The summed E-state index contributed by atoms with van der Waals surface area (Å²) in [5, 5.41) is 9.67. The van der Waals surface area contributed by atoms with Crippen LogP contribution in [0.15, 0.2) is 18.6 Å². The third-order valence-electron chi connectivity index (χ3n) is 5.93. The predicted octanol–water partition coefficient (Wildman–Crippen LogP) is 0.380. The first-order valence-corrected chi connectivity index (χ1v) is 9.18. The van der Waals surface area contributed by atoms with E-state index in [-0.39, 0.29) is 30.3 Å². The second kappa shape index (κ2) is 5.81. The fourth-order valence-corrected chi connectivity index (χ4v) is 4.11. The Hall–Kier alpha value is -2.89. The first-order valence-electron chi connectivity index (χ1n) is 9.18. The first kappa shape index (κ1) is 18.2. The van der Waals surface area contributed by atoms with Crippen molar-refractivity contribution in [1.29, 1.82) is 0 Å². The molecule has 2 aromatic rings. The smallest absolute Gasteiger partial charge is 0.260 e. The van der Waals surface area contributed by atoms with Crippen molar-refractivity contribution in [3.05, 3.63) is 24.4 Å². The number of piperidine rings is 1. The van der Waals surface area contributed by atoms with Gasteiger partial charge in [-0.25, -0.2) is 18.2 Å². The van der Waals surface area contributed by atoms with Gasteiger partial charge >= 0.3 is 0 Å². The molecule has 154 valence electrons. The van der Waals surface area contributed by atoms with Gasteiger partial charge in [0.25, 0.3) is 5.92 Å². The van der Waals surface area contributed by atoms with E-state index in [0.29, 0.717) is 12.2 Å². The lowest BCUT2D eigenvalue weighted by atomic mass is 10.2. The van der Waals surface area contributed by atoms with E-state index in [1.807, 2.05) is 0 Å². The van der Waals surface area contributed by atoms with Gasteiger partial charge in [-0.1, -0.05) is 0 Å². The highest BCUT2D eigenvalue weighted by molar-refractivity contribution is 5.84. The van der Waals surface area contributed by atoms with Gasteiger partial charge in [0.05, 0.1) is 23.6 Å². The van der Waals surface area contributed by atoms with Crippen LogP contribution in [0.2, 0.25) is 0 Å². The Morgan fingerprint density at radius 1 is 1.38 bits per heavy atom. The minimum absolute atomic E-state index is 0.0659. The van der Waals surface area contributed by atoms with E-state index >= 15 is 0 Å². The highest BCUT2D eigenvalue weighted by Crippen LogP contribution is 2.53. The van der Waals surface area contributed by atoms with Crippen LogP contribution in [0.3, 0.4) is 0 Å². The van der Waals surface area contributed by atoms with Gasteiger partial charge in [0.1, 0.15) is 5.92 Å². The van der Waals surface area contributed by atoms with E-state index in [0.717, 1.165) is 6.20 Å². The third kappa shape index (κ3) is 2.89. The van der Waals surface area contributed by atoms with Crippen LogP contribution in [0.4, 0.5) is 30.6 Å². The van der Waals surface area contributed by atoms with Gasteiger partial charge in [-0.05, 0) is 0 Å². The second-order valence-corrected chi connectivity index (χ2v) is 7.95. The predicted molar refractivity (Wildman–Crippen MR) is 96.1 cm³/mol. The van der Waals surface area contributed by atoms with Gasteiger partial charge in [0.15, 0.2) is 11.6 Å². The number of anilines is 3. The second-order valence-electron chi connectivity index (χ2n) is 7.95. The molecule has 3 aliphatic rings. The normalized spacial score (nSPS) is 31.3. The SMILES string of the molecule is Cn1cc(Nc2ncc(F)c(N3C[C@H]4[C@@H](N)[C@@]4(NC(=O)[C@H]4CC4(F)F)C3)n2)cn1. The summed E-state index contributed by atoms with van der Waals surface area (Å²) < 4.78 is 42.4. The monoisotopic (exact) mass is 408 g/mol. The number of amides is 1. The quantitative estimate of drug-likeness (QED) is 0.655. The zero-order valence-corrected chi connectivity index (χ0v) is 15.4. The van der Waals surface area contributed by atoms with Crippen LogP contribution in [0.25, 0.3) is 0 Å². The van der Waals surface area contributed by atoms with Crippen molar-refractivity contribution in [3.63, 3.8) is 0 Å². The lowest BCUT2D eigenvalue weighted by molar-refractivity contribution is -0.125. The minimum atomic E-state index is -2.95. The lowest BCUT2D eigenvalue weighted by Crippen LogP contribution is -2.48. The molecule has 1 aliphatic heterocycles. The van der Waals surface area contributed by atoms with Crippen molar-refractivity contribution in [3.8, 4) is 0 Å². The average Bonchev–Trinajstić information content (AvgIpc) is 3.24. The Morgan fingerprint density at radius 2 is 2.14 bits per heavy atom. The Bertz CT molecular complexity index is 997. The van der Waals surface area contributed by atoms with Crippen LogP contribution >= 0.6 is 0 Å². The van der Waals surface area contributed by atoms with Gasteiger partial charge in [-0.3, -0.25) is 9.48 Å². The Kier molecular flexibility index (Phi) is 3.64. The summed E-state index contributed by atoms with van der Waals surface area (Å²) in [6.07, 6.45) is 3.91. The molecule has 5 rings (SSSR count). The third-order valence-corrected chi connectivity index (χ3v) is 5.93. The molecule has 4 N–H and O–H groups in total. The minimum Gasteiger partial charge on any atom is -0.351 e. The molecule has 3 heterocycles.